The molecular formula is C13H15ClO2. The van der Waals surface area contributed by atoms with Gasteiger partial charge >= 0.3 is 5.97 Å². The highest BCUT2D eigenvalue weighted by Crippen LogP contribution is 2.33. The lowest BCUT2D eigenvalue weighted by Gasteiger charge is -2.04. The second kappa shape index (κ2) is 5.35. The molecule has 2 rings (SSSR count). The van der Waals surface area contributed by atoms with Gasteiger partial charge in [0.25, 0.3) is 0 Å². The third-order valence-electron chi connectivity index (χ3n) is 2.75. The third kappa shape index (κ3) is 3.53. The van der Waals surface area contributed by atoms with Gasteiger partial charge in [-0.25, -0.2) is 4.79 Å². The van der Waals surface area contributed by atoms with Crippen molar-refractivity contribution in [2.24, 2.45) is 5.92 Å². The van der Waals surface area contributed by atoms with Gasteiger partial charge in [0.2, 0.25) is 0 Å². The van der Waals surface area contributed by atoms with Crippen LogP contribution < -0.4 is 0 Å². The van der Waals surface area contributed by atoms with Crippen molar-refractivity contribution in [1.29, 1.82) is 0 Å². The Morgan fingerprint density at radius 2 is 2.25 bits per heavy atom. The normalized spacial score (nSPS) is 14.8. The predicted octanol–water partition coefficient (Wildman–Crippen LogP) is 3.69. The fraction of sp³-hybridized carbons (Fsp3) is 0.462. The van der Waals surface area contributed by atoms with Crippen LogP contribution in [0.1, 0.15) is 36.0 Å². The van der Waals surface area contributed by atoms with Gasteiger partial charge in [-0.1, -0.05) is 30.5 Å². The smallest absolute Gasteiger partial charge is 0.338 e. The highest BCUT2D eigenvalue weighted by molar-refractivity contribution is 6.30. The first kappa shape index (κ1) is 11.5. The van der Waals surface area contributed by atoms with E-state index in [1.54, 1.807) is 24.3 Å². The molecule has 1 aliphatic carbocycles. The monoisotopic (exact) mass is 238 g/mol. The number of carbonyl (C=O) groups is 1. The van der Waals surface area contributed by atoms with E-state index < -0.39 is 0 Å². The Bertz CT molecular complexity index is 372. The quantitative estimate of drug-likeness (QED) is 0.578. The molecule has 0 saturated heterocycles. The van der Waals surface area contributed by atoms with Gasteiger partial charge in [-0.3, -0.25) is 0 Å². The van der Waals surface area contributed by atoms with E-state index in [2.05, 4.69) is 0 Å². The summed E-state index contributed by atoms with van der Waals surface area (Å²) in [4.78, 5) is 11.6. The van der Waals surface area contributed by atoms with Crippen LogP contribution in [-0.4, -0.2) is 12.6 Å². The predicted molar refractivity (Wildman–Crippen MR) is 63.7 cm³/mol. The number of hydrogen-bond donors (Lipinski definition) is 0. The summed E-state index contributed by atoms with van der Waals surface area (Å²) in [6.45, 7) is 0.516. The van der Waals surface area contributed by atoms with Crippen molar-refractivity contribution in [3.8, 4) is 0 Å². The van der Waals surface area contributed by atoms with E-state index in [0.29, 0.717) is 17.2 Å². The molecule has 1 aliphatic rings. The Hall–Kier alpha value is -1.02. The Kier molecular flexibility index (Phi) is 3.83. The van der Waals surface area contributed by atoms with Crippen LogP contribution in [0.25, 0.3) is 0 Å². The van der Waals surface area contributed by atoms with Crippen molar-refractivity contribution < 1.29 is 9.53 Å². The van der Waals surface area contributed by atoms with Crippen LogP contribution in [0.4, 0.5) is 0 Å². The molecule has 1 aromatic rings. The SMILES string of the molecule is O=C(OCCCC1CC1)c1cccc(Cl)c1. The molecule has 1 fully saturated rings. The molecule has 0 amide bonds. The van der Waals surface area contributed by atoms with Gasteiger partial charge < -0.3 is 4.74 Å². The van der Waals surface area contributed by atoms with Crippen molar-refractivity contribution in [1.82, 2.24) is 0 Å². The van der Waals surface area contributed by atoms with Gasteiger partial charge in [0.05, 0.1) is 12.2 Å². The summed E-state index contributed by atoms with van der Waals surface area (Å²) in [7, 11) is 0. The summed E-state index contributed by atoms with van der Waals surface area (Å²) in [6.07, 6.45) is 4.85. The van der Waals surface area contributed by atoms with E-state index in [4.69, 9.17) is 16.3 Å². The molecule has 0 unspecified atom stereocenters. The van der Waals surface area contributed by atoms with E-state index in [9.17, 15) is 4.79 Å². The summed E-state index contributed by atoms with van der Waals surface area (Å²) >= 11 is 5.79. The molecule has 1 aromatic carbocycles. The molecule has 0 atom stereocenters. The van der Waals surface area contributed by atoms with Crippen molar-refractivity contribution in [2.45, 2.75) is 25.7 Å². The molecule has 0 radical (unpaired) electrons. The number of halogens is 1. The van der Waals surface area contributed by atoms with Crippen LogP contribution in [-0.2, 0) is 4.74 Å². The Morgan fingerprint density at radius 1 is 1.44 bits per heavy atom. The van der Waals surface area contributed by atoms with Crippen molar-refractivity contribution in [2.75, 3.05) is 6.61 Å². The van der Waals surface area contributed by atoms with Crippen molar-refractivity contribution in [3.05, 3.63) is 34.9 Å². The molecule has 0 heterocycles. The number of ether oxygens (including phenoxy) is 1. The van der Waals surface area contributed by atoms with Crippen LogP contribution in [0.15, 0.2) is 24.3 Å². The van der Waals surface area contributed by atoms with E-state index in [1.165, 1.54) is 19.3 Å². The molecule has 16 heavy (non-hydrogen) atoms. The number of benzene rings is 1. The number of carbonyl (C=O) groups excluding carboxylic acids is 1. The molecule has 2 nitrogen and oxygen atoms in total. The summed E-state index contributed by atoms with van der Waals surface area (Å²) in [5.41, 5.74) is 0.527. The molecule has 0 N–H and O–H groups in total. The zero-order valence-electron chi connectivity index (χ0n) is 9.12. The van der Waals surface area contributed by atoms with Crippen LogP contribution in [0, 0.1) is 5.92 Å². The molecule has 3 heteroatoms. The Morgan fingerprint density at radius 3 is 2.94 bits per heavy atom. The fourth-order valence-electron chi connectivity index (χ4n) is 1.64. The van der Waals surface area contributed by atoms with Crippen LogP contribution in [0.2, 0.25) is 5.02 Å². The third-order valence-corrected chi connectivity index (χ3v) is 2.98. The number of hydrogen-bond acceptors (Lipinski definition) is 2. The molecule has 0 bridgehead atoms. The minimum absolute atomic E-state index is 0.279. The minimum atomic E-state index is -0.279. The van der Waals surface area contributed by atoms with Gasteiger partial charge in [0.15, 0.2) is 0 Å². The molecule has 86 valence electrons. The van der Waals surface area contributed by atoms with Crippen molar-refractivity contribution in [3.63, 3.8) is 0 Å². The molecule has 0 spiro atoms. The van der Waals surface area contributed by atoms with E-state index in [1.807, 2.05) is 0 Å². The average Bonchev–Trinajstić information content (AvgIpc) is 3.08. The topological polar surface area (TPSA) is 26.3 Å². The largest absolute Gasteiger partial charge is 0.462 e. The molecule has 1 saturated carbocycles. The first-order valence-corrected chi connectivity index (χ1v) is 6.06. The van der Waals surface area contributed by atoms with E-state index in [0.717, 1.165) is 12.3 Å². The van der Waals surface area contributed by atoms with Gasteiger partial charge in [-0.05, 0) is 37.0 Å². The highest BCUT2D eigenvalue weighted by Gasteiger charge is 2.20. The molecular weight excluding hydrogens is 224 g/mol. The van der Waals surface area contributed by atoms with Crippen molar-refractivity contribution >= 4 is 17.6 Å². The maximum atomic E-state index is 11.6. The van der Waals surface area contributed by atoms with Crippen LogP contribution >= 0.6 is 11.6 Å². The minimum Gasteiger partial charge on any atom is -0.462 e. The summed E-state index contributed by atoms with van der Waals surface area (Å²) in [5.74, 6) is 0.614. The highest BCUT2D eigenvalue weighted by atomic mass is 35.5. The Balaban J connectivity index is 1.73. The first-order valence-electron chi connectivity index (χ1n) is 5.68. The molecule has 0 aliphatic heterocycles. The number of esters is 1. The zero-order chi connectivity index (χ0) is 11.4. The fourth-order valence-corrected chi connectivity index (χ4v) is 1.83. The lowest BCUT2D eigenvalue weighted by molar-refractivity contribution is 0.0497. The maximum Gasteiger partial charge on any atom is 0.338 e. The standard InChI is InChI=1S/C13H15ClO2/c14-12-5-1-4-11(9-12)13(15)16-8-2-3-10-6-7-10/h1,4-5,9-10H,2-3,6-8H2. The van der Waals surface area contributed by atoms with Crippen LogP contribution in [0.5, 0.6) is 0 Å². The van der Waals surface area contributed by atoms with Gasteiger partial charge in [0, 0.05) is 5.02 Å². The second-order valence-corrected chi connectivity index (χ2v) is 4.67. The lowest BCUT2D eigenvalue weighted by atomic mass is 10.2. The second-order valence-electron chi connectivity index (χ2n) is 4.23. The Labute approximate surface area is 101 Å². The maximum absolute atomic E-state index is 11.6. The average molecular weight is 239 g/mol. The lowest BCUT2D eigenvalue weighted by Crippen LogP contribution is -2.06. The van der Waals surface area contributed by atoms with Gasteiger partial charge in [0.1, 0.15) is 0 Å². The van der Waals surface area contributed by atoms with Gasteiger partial charge in [-0.15, -0.1) is 0 Å². The summed E-state index contributed by atoms with van der Waals surface area (Å²) < 4.78 is 5.16. The van der Waals surface area contributed by atoms with E-state index in [-0.39, 0.29) is 5.97 Å². The first-order chi connectivity index (χ1) is 7.75. The summed E-state index contributed by atoms with van der Waals surface area (Å²) in [5, 5.41) is 0.562. The number of rotatable bonds is 5. The van der Waals surface area contributed by atoms with E-state index >= 15 is 0 Å². The van der Waals surface area contributed by atoms with Crippen LogP contribution in [0.3, 0.4) is 0 Å². The van der Waals surface area contributed by atoms with Gasteiger partial charge in [-0.2, -0.15) is 0 Å². The zero-order valence-corrected chi connectivity index (χ0v) is 9.87. The molecule has 0 aromatic heterocycles. The summed E-state index contributed by atoms with van der Waals surface area (Å²) in [6, 6.07) is 6.84.